The number of likely N-dealkylation sites (tertiary alicyclic amines) is 1. The van der Waals surface area contributed by atoms with E-state index in [-0.39, 0.29) is 5.91 Å². The van der Waals surface area contributed by atoms with Crippen LogP contribution in [-0.2, 0) is 11.3 Å². The number of nitrogens with one attached hydrogen (secondary N) is 2. The molecule has 6 heteroatoms. The van der Waals surface area contributed by atoms with Crippen molar-refractivity contribution in [1.29, 1.82) is 0 Å². The van der Waals surface area contributed by atoms with Gasteiger partial charge in [0, 0.05) is 48.9 Å². The van der Waals surface area contributed by atoms with Crippen LogP contribution in [-0.4, -0.2) is 40.6 Å². The van der Waals surface area contributed by atoms with Crippen molar-refractivity contribution in [2.75, 3.05) is 19.6 Å². The number of nitrogens with zero attached hydrogens (tertiary/aromatic N) is 2. The molecule has 128 valence electrons. The third-order valence-electron chi connectivity index (χ3n) is 4.56. The minimum absolute atomic E-state index is 0.0681. The standard InChI is InChI=1S/C18H23ClN4O/c19-16-6-2-1-4-14(16)12-20-18(24)8-11-23-10-3-5-15(13-23)17-7-9-21-22-17/h1-2,4,6-7,9,15H,3,5,8,10-13H2,(H,20,24)(H,21,22). The number of halogens is 1. The molecule has 0 radical (unpaired) electrons. The smallest absolute Gasteiger partial charge is 0.221 e. The largest absolute Gasteiger partial charge is 0.352 e. The molecule has 0 saturated carbocycles. The molecule has 2 aromatic rings. The van der Waals surface area contributed by atoms with Gasteiger partial charge in [-0.1, -0.05) is 29.8 Å². The summed E-state index contributed by atoms with van der Waals surface area (Å²) in [5.41, 5.74) is 2.15. The number of hydrogen-bond acceptors (Lipinski definition) is 3. The molecule has 1 saturated heterocycles. The Labute approximate surface area is 147 Å². The molecule has 1 aromatic carbocycles. The Hall–Kier alpha value is -1.85. The summed E-state index contributed by atoms with van der Waals surface area (Å²) in [6.45, 7) is 3.32. The summed E-state index contributed by atoms with van der Waals surface area (Å²) in [5.74, 6) is 0.561. The predicted octanol–water partition coefficient (Wildman–Crippen LogP) is 2.95. The van der Waals surface area contributed by atoms with Gasteiger partial charge in [-0.15, -0.1) is 0 Å². The molecule has 24 heavy (non-hydrogen) atoms. The fourth-order valence-corrected chi connectivity index (χ4v) is 3.39. The van der Waals surface area contributed by atoms with Gasteiger partial charge in [0.25, 0.3) is 0 Å². The van der Waals surface area contributed by atoms with Gasteiger partial charge < -0.3 is 10.2 Å². The Balaban J connectivity index is 1.42. The van der Waals surface area contributed by atoms with Crippen molar-refractivity contribution < 1.29 is 4.79 Å². The summed E-state index contributed by atoms with van der Waals surface area (Å²) in [6, 6.07) is 9.63. The maximum Gasteiger partial charge on any atom is 0.221 e. The van der Waals surface area contributed by atoms with Gasteiger partial charge in [-0.05, 0) is 37.1 Å². The van der Waals surface area contributed by atoms with Crippen LogP contribution in [0, 0.1) is 0 Å². The van der Waals surface area contributed by atoms with Crippen LogP contribution >= 0.6 is 11.6 Å². The molecule has 1 aliphatic heterocycles. The minimum atomic E-state index is 0.0681. The van der Waals surface area contributed by atoms with Crippen LogP contribution in [0.15, 0.2) is 36.5 Å². The predicted molar refractivity (Wildman–Crippen MR) is 94.9 cm³/mol. The second-order valence-corrected chi connectivity index (χ2v) is 6.68. The fourth-order valence-electron chi connectivity index (χ4n) is 3.19. The number of amides is 1. The van der Waals surface area contributed by atoms with Crippen LogP contribution in [0.3, 0.4) is 0 Å². The Bertz CT molecular complexity index is 659. The first-order valence-corrected chi connectivity index (χ1v) is 8.82. The van der Waals surface area contributed by atoms with Gasteiger partial charge in [-0.2, -0.15) is 5.10 Å². The Morgan fingerprint density at radius 2 is 2.25 bits per heavy atom. The third-order valence-corrected chi connectivity index (χ3v) is 4.93. The van der Waals surface area contributed by atoms with Crippen molar-refractivity contribution in [2.45, 2.75) is 31.7 Å². The summed E-state index contributed by atoms with van der Waals surface area (Å²) in [4.78, 5) is 14.4. The first-order valence-electron chi connectivity index (χ1n) is 8.44. The van der Waals surface area contributed by atoms with Crippen molar-refractivity contribution in [2.24, 2.45) is 0 Å². The van der Waals surface area contributed by atoms with E-state index >= 15 is 0 Å². The van der Waals surface area contributed by atoms with Gasteiger partial charge in [0.05, 0.1) is 0 Å². The van der Waals surface area contributed by atoms with Crippen molar-refractivity contribution >= 4 is 17.5 Å². The van der Waals surface area contributed by atoms with E-state index in [1.54, 1.807) is 6.20 Å². The summed E-state index contributed by atoms with van der Waals surface area (Å²) in [5, 5.41) is 10.7. The highest BCUT2D eigenvalue weighted by molar-refractivity contribution is 6.31. The normalized spacial score (nSPS) is 18.5. The molecule has 1 aromatic heterocycles. The zero-order valence-corrected chi connectivity index (χ0v) is 14.4. The van der Waals surface area contributed by atoms with Crippen molar-refractivity contribution in [1.82, 2.24) is 20.4 Å². The van der Waals surface area contributed by atoms with E-state index in [9.17, 15) is 4.79 Å². The van der Waals surface area contributed by atoms with Gasteiger partial charge in [0.2, 0.25) is 5.91 Å². The van der Waals surface area contributed by atoms with Gasteiger partial charge in [-0.25, -0.2) is 0 Å². The topological polar surface area (TPSA) is 61.0 Å². The molecule has 0 aliphatic carbocycles. The molecule has 2 heterocycles. The number of aromatic nitrogens is 2. The molecule has 2 N–H and O–H groups in total. The van der Waals surface area contributed by atoms with E-state index in [0.29, 0.717) is 23.9 Å². The zero-order chi connectivity index (χ0) is 16.8. The van der Waals surface area contributed by atoms with E-state index < -0.39 is 0 Å². The first-order chi connectivity index (χ1) is 11.7. The monoisotopic (exact) mass is 346 g/mol. The molecule has 0 spiro atoms. The number of piperidine rings is 1. The average molecular weight is 347 g/mol. The van der Waals surface area contributed by atoms with Crippen LogP contribution in [0.4, 0.5) is 0 Å². The fraction of sp³-hybridized carbons (Fsp3) is 0.444. The number of carbonyl (C=O) groups excluding carboxylic acids is 1. The highest BCUT2D eigenvalue weighted by atomic mass is 35.5. The molecular formula is C18H23ClN4O. The van der Waals surface area contributed by atoms with Crippen LogP contribution in [0.25, 0.3) is 0 Å². The maximum absolute atomic E-state index is 12.1. The molecule has 1 unspecified atom stereocenters. The number of rotatable bonds is 6. The van der Waals surface area contributed by atoms with Crippen molar-refractivity contribution in [3.8, 4) is 0 Å². The molecule has 1 amide bonds. The average Bonchev–Trinajstić information content (AvgIpc) is 3.14. The van der Waals surface area contributed by atoms with Gasteiger partial charge in [0.1, 0.15) is 0 Å². The second kappa shape index (κ2) is 8.31. The van der Waals surface area contributed by atoms with Crippen LogP contribution in [0.5, 0.6) is 0 Å². The number of aromatic amines is 1. The number of benzene rings is 1. The quantitative estimate of drug-likeness (QED) is 0.845. The van der Waals surface area contributed by atoms with Gasteiger partial charge in [-0.3, -0.25) is 9.89 Å². The lowest BCUT2D eigenvalue weighted by atomic mass is 9.95. The van der Waals surface area contributed by atoms with Crippen LogP contribution in [0.1, 0.15) is 36.4 Å². The first kappa shape index (κ1) is 17.0. The molecule has 1 aliphatic rings. The lowest BCUT2D eigenvalue weighted by Crippen LogP contribution is -2.37. The molecule has 5 nitrogen and oxygen atoms in total. The number of H-pyrrole nitrogens is 1. The number of hydrogen-bond donors (Lipinski definition) is 2. The summed E-state index contributed by atoms with van der Waals surface area (Å²) >= 11 is 6.10. The van der Waals surface area contributed by atoms with Crippen LogP contribution in [0.2, 0.25) is 5.02 Å². The maximum atomic E-state index is 12.1. The SMILES string of the molecule is O=C(CCN1CCCC(c2ccn[nH]2)C1)NCc1ccccc1Cl. The molecule has 1 atom stereocenters. The Kier molecular flexibility index (Phi) is 5.88. The van der Waals surface area contributed by atoms with E-state index in [1.165, 1.54) is 12.1 Å². The molecule has 0 bridgehead atoms. The number of carbonyl (C=O) groups is 1. The zero-order valence-electron chi connectivity index (χ0n) is 13.7. The Morgan fingerprint density at radius 3 is 3.04 bits per heavy atom. The van der Waals surface area contributed by atoms with E-state index in [4.69, 9.17) is 11.6 Å². The molecule has 1 fully saturated rings. The molecule has 3 rings (SSSR count). The van der Waals surface area contributed by atoms with Gasteiger partial charge in [0.15, 0.2) is 0 Å². The van der Waals surface area contributed by atoms with Gasteiger partial charge >= 0.3 is 0 Å². The van der Waals surface area contributed by atoms with E-state index in [1.807, 2.05) is 30.3 Å². The lowest BCUT2D eigenvalue weighted by Gasteiger charge is -2.31. The summed E-state index contributed by atoms with van der Waals surface area (Å²) in [6.07, 6.45) is 4.65. The van der Waals surface area contributed by atoms with Crippen LogP contribution < -0.4 is 5.32 Å². The van der Waals surface area contributed by atoms with E-state index in [0.717, 1.165) is 31.6 Å². The summed E-state index contributed by atoms with van der Waals surface area (Å²) in [7, 11) is 0. The van der Waals surface area contributed by atoms with E-state index in [2.05, 4.69) is 20.4 Å². The lowest BCUT2D eigenvalue weighted by molar-refractivity contribution is -0.121. The highest BCUT2D eigenvalue weighted by Crippen LogP contribution is 2.25. The minimum Gasteiger partial charge on any atom is -0.352 e. The third kappa shape index (κ3) is 4.58. The van der Waals surface area contributed by atoms with Crippen molar-refractivity contribution in [3.63, 3.8) is 0 Å². The molecular weight excluding hydrogens is 324 g/mol. The highest BCUT2D eigenvalue weighted by Gasteiger charge is 2.22. The second-order valence-electron chi connectivity index (χ2n) is 6.27. The Morgan fingerprint density at radius 1 is 1.38 bits per heavy atom. The summed E-state index contributed by atoms with van der Waals surface area (Å²) < 4.78 is 0. The van der Waals surface area contributed by atoms with Crippen molar-refractivity contribution in [3.05, 3.63) is 52.8 Å².